The molecule has 4 unspecified atom stereocenters. The molecule has 13 heteroatoms. The van der Waals surface area contributed by atoms with Gasteiger partial charge in [-0.2, -0.15) is 0 Å². The molecule has 0 aromatic carbocycles. The number of nitrogens with zero attached hydrogens (tertiary/aromatic N) is 1. The Morgan fingerprint density at radius 1 is 1.13 bits per heavy atom. The topological polar surface area (TPSA) is 222 Å². The number of hydrogen-bond donors (Lipinski definition) is 7. The lowest BCUT2D eigenvalue weighted by atomic mass is 9.98. The molecule has 0 spiro atoms. The molecule has 172 valence electrons. The third-order valence-corrected chi connectivity index (χ3v) is 4.62. The standard InChI is InChI=1S/C18H29N7O6/c1-3-9(2)15(20)18(31)25-11(4-10-6-21-8-23-10)17(30)24-12(5-13(19)26)16(29)22-7-14(27)28/h6,8-9,11-12,15H,3-5,7,20H2,1-2H3,(H2,19,26)(H,21,23)(H,22,29)(H,24,30)(H,25,31)(H,27,28). The lowest BCUT2D eigenvalue weighted by Gasteiger charge is -2.24. The van der Waals surface area contributed by atoms with Crippen molar-refractivity contribution >= 4 is 29.6 Å². The molecule has 0 aliphatic heterocycles. The Hall–Kier alpha value is -3.48. The number of carbonyl (C=O) groups is 5. The monoisotopic (exact) mass is 439 g/mol. The first-order chi connectivity index (χ1) is 14.5. The molecule has 1 rings (SSSR count). The second kappa shape index (κ2) is 12.3. The van der Waals surface area contributed by atoms with E-state index in [9.17, 15) is 24.0 Å². The fraction of sp³-hybridized carbons (Fsp3) is 0.556. The van der Waals surface area contributed by atoms with Gasteiger partial charge in [-0.3, -0.25) is 24.0 Å². The molecule has 1 aromatic heterocycles. The molecule has 0 aliphatic rings. The first-order valence-corrected chi connectivity index (χ1v) is 9.66. The van der Waals surface area contributed by atoms with Crippen LogP contribution in [0.15, 0.2) is 12.5 Å². The number of aliphatic carboxylic acids is 1. The number of imidazole rings is 1. The van der Waals surface area contributed by atoms with E-state index in [0.717, 1.165) is 0 Å². The molecule has 0 fully saturated rings. The summed E-state index contributed by atoms with van der Waals surface area (Å²) in [6.45, 7) is 2.96. The van der Waals surface area contributed by atoms with Crippen molar-refractivity contribution in [1.29, 1.82) is 0 Å². The van der Waals surface area contributed by atoms with Gasteiger partial charge in [0, 0.05) is 18.3 Å². The van der Waals surface area contributed by atoms with Gasteiger partial charge in [0.15, 0.2) is 0 Å². The van der Waals surface area contributed by atoms with E-state index in [1.54, 1.807) is 6.92 Å². The van der Waals surface area contributed by atoms with Gasteiger partial charge in [0.05, 0.1) is 18.8 Å². The smallest absolute Gasteiger partial charge is 0.322 e. The number of amides is 4. The SMILES string of the molecule is CCC(C)C(N)C(=O)NC(Cc1cnc[nH]1)C(=O)NC(CC(N)=O)C(=O)NCC(=O)O. The van der Waals surface area contributed by atoms with Crippen molar-refractivity contribution in [2.75, 3.05) is 6.54 Å². The zero-order valence-electron chi connectivity index (χ0n) is 17.4. The number of carboxylic acids is 1. The predicted molar refractivity (Wildman–Crippen MR) is 108 cm³/mol. The molecule has 31 heavy (non-hydrogen) atoms. The van der Waals surface area contributed by atoms with Crippen LogP contribution in [0.1, 0.15) is 32.4 Å². The van der Waals surface area contributed by atoms with E-state index in [0.29, 0.717) is 12.1 Å². The Morgan fingerprint density at radius 3 is 2.29 bits per heavy atom. The van der Waals surface area contributed by atoms with Gasteiger partial charge in [-0.25, -0.2) is 4.98 Å². The molecule has 13 nitrogen and oxygen atoms in total. The van der Waals surface area contributed by atoms with Crippen LogP contribution in [0.3, 0.4) is 0 Å². The Labute approximate surface area is 178 Å². The van der Waals surface area contributed by atoms with Crippen LogP contribution in [0.4, 0.5) is 0 Å². The summed E-state index contributed by atoms with van der Waals surface area (Å²) < 4.78 is 0. The molecule has 1 heterocycles. The minimum Gasteiger partial charge on any atom is -0.480 e. The molecular formula is C18H29N7O6. The highest BCUT2D eigenvalue weighted by Crippen LogP contribution is 2.07. The second-order valence-corrected chi connectivity index (χ2v) is 7.10. The van der Waals surface area contributed by atoms with Crippen molar-refractivity contribution in [1.82, 2.24) is 25.9 Å². The van der Waals surface area contributed by atoms with E-state index in [1.807, 2.05) is 6.92 Å². The average molecular weight is 439 g/mol. The molecule has 0 radical (unpaired) electrons. The number of aromatic amines is 1. The van der Waals surface area contributed by atoms with Gasteiger partial charge in [0.2, 0.25) is 23.6 Å². The third-order valence-electron chi connectivity index (χ3n) is 4.62. The third kappa shape index (κ3) is 8.82. The zero-order valence-corrected chi connectivity index (χ0v) is 17.4. The predicted octanol–water partition coefficient (Wildman–Crippen LogP) is -2.63. The fourth-order valence-corrected chi connectivity index (χ4v) is 2.57. The van der Waals surface area contributed by atoms with Crippen molar-refractivity contribution < 1.29 is 29.1 Å². The van der Waals surface area contributed by atoms with Gasteiger partial charge in [0.25, 0.3) is 0 Å². The Kier molecular flexibility index (Phi) is 10.1. The molecule has 0 saturated heterocycles. The minimum atomic E-state index is -1.42. The second-order valence-electron chi connectivity index (χ2n) is 7.10. The number of H-pyrrole nitrogens is 1. The zero-order chi connectivity index (χ0) is 23.6. The molecule has 1 aromatic rings. The van der Waals surface area contributed by atoms with E-state index >= 15 is 0 Å². The summed E-state index contributed by atoms with van der Waals surface area (Å²) in [4.78, 5) is 66.2. The number of nitrogens with one attached hydrogen (secondary N) is 4. The van der Waals surface area contributed by atoms with Crippen LogP contribution in [-0.4, -0.2) is 69.3 Å². The Balaban J connectivity index is 2.98. The van der Waals surface area contributed by atoms with Crippen molar-refractivity contribution in [3.05, 3.63) is 18.2 Å². The Morgan fingerprint density at radius 2 is 1.77 bits per heavy atom. The highest BCUT2D eigenvalue weighted by molar-refractivity contribution is 5.95. The summed E-state index contributed by atoms with van der Waals surface area (Å²) in [5.41, 5.74) is 11.6. The summed E-state index contributed by atoms with van der Waals surface area (Å²) in [7, 11) is 0. The molecule has 0 saturated carbocycles. The summed E-state index contributed by atoms with van der Waals surface area (Å²) >= 11 is 0. The van der Waals surface area contributed by atoms with Crippen molar-refractivity contribution in [2.45, 2.75) is 51.2 Å². The first kappa shape index (κ1) is 25.6. The maximum absolute atomic E-state index is 12.9. The number of rotatable bonds is 13. The van der Waals surface area contributed by atoms with E-state index in [4.69, 9.17) is 16.6 Å². The first-order valence-electron chi connectivity index (χ1n) is 9.66. The van der Waals surface area contributed by atoms with Crippen molar-refractivity contribution in [3.8, 4) is 0 Å². The molecule has 9 N–H and O–H groups in total. The van der Waals surface area contributed by atoms with E-state index in [-0.39, 0.29) is 12.3 Å². The van der Waals surface area contributed by atoms with Crippen LogP contribution >= 0.6 is 0 Å². The highest BCUT2D eigenvalue weighted by atomic mass is 16.4. The van der Waals surface area contributed by atoms with Gasteiger partial charge in [-0.05, 0) is 5.92 Å². The van der Waals surface area contributed by atoms with Gasteiger partial charge in [0.1, 0.15) is 18.6 Å². The lowest BCUT2D eigenvalue weighted by Crippen LogP contribution is -2.57. The Bertz CT molecular complexity index is 782. The highest BCUT2D eigenvalue weighted by Gasteiger charge is 2.30. The van der Waals surface area contributed by atoms with Crippen molar-refractivity contribution in [2.24, 2.45) is 17.4 Å². The number of hydrogen-bond acceptors (Lipinski definition) is 7. The van der Waals surface area contributed by atoms with Gasteiger partial charge < -0.3 is 37.5 Å². The fourth-order valence-electron chi connectivity index (χ4n) is 2.57. The molecule has 0 bridgehead atoms. The summed E-state index contributed by atoms with van der Waals surface area (Å²) in [6.07, 6.45) is 2.95. The molecule has 4 atom stereocenters. The van der Waals surface area contributed by atoms with Gasteiger partial charge in [-0.1, -0.05) is 20.3 Å². The quantitative estimate of drug-likeness (QED) is 0.172. The minimum absolute atomic E-state index is 0.00480. The van der Waals surface area contributed by atoms with Crippen LogP contribution < -0.4 is 27.4 Å². The number of carbonyl (C=O) groups excluding carboxylic acids is 4. The van der Waals surface area contributed by atoms with Crippen LogP contribution in [0.5, 0.6) is 0 Å². The van der Waals surface area contributed by atoms with Gasteiger partial charge in [-0.15, -0.1) is 0 Å². The lowest BCUT2D eigenvalue weighted by molar-refractivity contribution is -0.138. The van der Waals surface area contributed by atoms with Crippen LogP contribution in [0.2, 0.25) is 0 Å². The summed E-state index contributed by atoms with van der Waals surface area (Å²) in [6, 6.07) is -3.43. The number of carboxylic acid groups (broad SMARTS) is 1. The molecular weight excluding hydrogens is 410 g/mol. The van der Waals surface area contributed by atoms with Crippen molar-refractivity contribution in [3.63, 3.8) is 0 Å². The molecule has 0 aliphatic carbocycles. The number of aromatic nitrogens is 2. The normalized spacial score (nSPS) is 14.5. The largest absolute Gasteiger partial charge is 0.480 e. The van der Waals surface area contributed by atoms with Crippen LogP contribution in [0, 0.1) is 5.92 Å². The maximum atomic E-state index is 12.9. The van der Waals surface area contributed by atoms with Gasteiger partial charge >= 0.3 is 5.97 Å². The summed E-state index contributed by atoms with van der Waals surface area (Å²) in [5, 5.41) is 15.7. The number of nitrogens with two attached hydrogens (primary N) is 2. The van der Waals surface area contributed by atoms with E-state index in [1.165, 1.54) is 12.5 Å². The average Bonchev–Trinajstić information content (AvgIpc) is 3.22. The maximum Gasteiger partial charge on any atom is 0.322 e. The number of primary amides is 1. The van der Waals surface area contributed by atoms with Crippen LogP contribution in [0.25, 0.3) is 0 Å². The van der Waals surface area contributed by atoms with E-state index < -0.39 is 60.7 Å². The van der Waals surface area contributed by atoms with E-state index in [2.05, 4.69) is 25.9 Å². The van der Waals surface area contributed by atoms with Crippen LogP contribution in [-0.2, 0) is 30.4 Å². The summed E-state index contributed by atoms with van der Waals surface area (Å²) in [5.74, 6) is -4.57. The molecule has 4 amide bonds.